The Kier molecular flexibility index (Phi) is 3.16. The highest BCUT2D eigenvalue weighted by molar-refractivity contribution is 5.81. The number of anilines is 2. The number of hydrogen-bond acceptors (Lipinski definition) is 4. The van der Waals surface area contributed by atoms with Crippen LogP contribution in [0.3, 0.4) is 0 Å². The number of halogens is 1. The molecule has 0 saturated heterocycles. The lowest BCUT2D eigenvalue weighted by molar-refractivity contribution is 0.398. The summed E-state index contributed by atoms with van der Waals surface area (Å²) in [6.07, 6.45) is 1.65. The molecule has 0 amide bonds. The van der Waals surface area contributed by atoms with Gasteiger partial charge in [0.2, 0.25) is 5.88 Å². The second kappa shape index (κ2) is 5.13. The first-order chi connectivity index (χ1) is 9.76. The highest BCUT2D eigenvalue weighted by Crippen LogP contribution is 2.21. The fraction of sp³-hybridized carbons (Fsp3) is 0.0667. The topological polar surface area (TPSA) is 47.0 Å². The van der Waals surface area contributed by atoms with Crippen molar-refractivity contribution in [2.24, 2.45) is 0 Å². The van der Waals surface area contributed by atoms with Crippen LogP contribution in [0.2, 0.25) is 0 Å². The van der Waals surface area contributed by atoms with E-state index in [4.69, 9.17) is 4.74 Å². The largest absolute Gasteiger partial charge is 0.481 e. The number of rotatable bonds is 3. The Morgan fingerprint density at radius 3 is 2.75 bits per heavy atom. The monoisotopic (exact) mass is 269 g/mol. The van der Waals surface area contributed by atoms with E-state index in [0.29, 0.717) is 22.6 Å². The van der Waals surface area contributed by atoms with Crippen LogP contribution in [0.5, 0.6) is 5.88 Å². The number of aromatic nitrogens is 2. The van der Waals surface area contributed by atoms with Gasteiger partial charge in [-0.2, -0.15) is 0 Å². The van der Waals surface area contributed by atoms with Crippen molar-refractivity contribution in [3.8, 4) is 5.88 Å². The smallest absolute Gasteiger partial charge is 0.213 e. The molecule has 0 radical (unpaired) electrons. The first-order valence-electron chi connectivity index (χ1n) is 6.08. The van der Waals surface area contributed by atoms with Crippen molar-refractivity contribution in [1.82, 2.24) is 9.97 Å². The lowest BCUT2D eigenvalue weighted by atomic mass is 10.2. The molecular weight excluding hydrogens is 257 g/mol. The summed E-state index contributed by atoms with van der Waals surface area (Å²) in [5.74, 6) is 0.909. The van der Waals surface area contributed by atoms with Gasteiger partial charge in [0.1, 0.15) is 11.6 Å². The van der Waals surface area contributed by atoms with Crippen LogP contribution in [0.4, 0.5) is 15.9 Å². The van der Waals surface area contributed by atoms with Crippen molar-refractivity contribution in [3.05, 3.63) is 54.5 Å². The summed E-state index contributed by atoms with van der Waals surface area (Å²) < 4.78 is 18.5. The summed E-state index contributed by atoms with van der Waals surface area (Å²) in [6.45, 7) is 0. The van der Waals surface area contributed by atoms with Gasteiger partial charge in [-0.15, -0.1) is 0 Å². The highest BCUT2D eigenvalue weighted by atomic mass is 19.1. The molecule has 0 aliphatic carbocycles. The summed E-state index contributed by atoms with van der Waals surface area (Å²) in [5, 5.41) is 3.62. The Morgan fingerprint density at radius 2 is 2.00 bits per heavy atom. The van der Waals surface area contributed by atoms with Gasteiger partial charge in [0, 0.05) is 11.5 Å². The fourth-order valence-electron chi connectivity index (χ4n) is 1.91. The lowest BCUT2D eigenvalue weighted by Crippen LogP contribution is -1.95. The Labute approximate surface area is 115 Å². The van der Waals surface area contributed by atoms with Crippen LogP contribution in [-0.4, -0.2) is 17.1 Å². The summed E-state index contributed by atoms with van der Waals surface area (Å²) in [4.78, 5) is 8.46. The first-order valence-corrected chi connectivity index (χ1v) is 6.08. The van der Waals surface area contributed by atoms with Crippen LogP contribution < -0.4 is 10.1 Å². The molecule has 0 bridgehead atoms. The van der Waals surface area contributed by atoms with Gasteiger partial charge in [-0.1, -0.05) is 6.07 Å². The average molecular weight is 269 g/mol. The molecule has 0 aliphatic rings. The van der Waals surface area contributed by atoms with E-state index in [1.165, 1.54) is 6.07 Å². The Balaban J connectivity index is 1.90. The molecule has 20 heavy (non-hydrogen) atoms. The normalized spacial score (nSPS) is 10.5. The van der Waals surface area contributed by atoms with E-state index in [0.717, 1.165) is 5.69 Å². The molecule has 0 unspecified atom stereocenters. The second-order valence-corrected chi connectivity index (χ2v) is 4.22. The van der Waals surface area contributed by atoms with Crippen LogP contribution >= 0.6 is 0 Å². The van der Waals surface area contributed by atoms with Crippen molar-refractivity contribution in [3.63, 3.8) is 0 Å². The number of nitrogens with zero attached hydrogens (tertiary/aromatic N) is 2. The van der Waals surface area contributed by atoms with Gasteiger partial charge in [-0.25, -0.2) is 14.4 Å². The predicted octanol–water partition coefficient (Wildman–Crippen LogP) is 3.52. The molecule has 4 nitrogen and oxygen atoms in total. The van der Waals surface area contributed by atoms with E-state index in [1.807, 2.05) is 6.07 Å². The van der Waals surface area contributed by atoms with Gasteiger partial charge in [0.25, 0.3) is 0 Å². The third kappa shape index (κ3) is 2.38. The number of fused-ring (bicyclic) bond motifs is 1. The molecule has 0 spiro atoms. The molecule has 1 aromatic carbocycles. The minimum atomic E-state index is -0.271. The summed E-state index contributed by atoms with van der Waals surface area (Å²) >= 11 is 0. The number of nitrogens with one attached hydrogen (secondary N) is 1. The SMILES string of the molecule is COc1ccc(Nc2ccc3c(F)cccc3n2)cn1. The molecule has 5 heteroatoms. The van der Waals surface area contributed by atoms with E-state index in [-0.39, 0.29) is 5.82 Å². The highest BCUT2D eigenvalue weighted by Gasteiger charge is 2.03. The molecular formula is C15H12FN3O. The molecule has 2 heterocycles. The molecule has 0 atom stereocenters. The van der Waals surface area contributed by atoms with Gasteiger partial charge in [0.15, 0.2) is 0 Å². The molecule has 3 aromatic rings. The molecule has 100 valence electrons. The number of hydrogen-bond donors (Lipinski definition) is 1. The number of methoxy groups -OCH3 is 1. The van der Waals surface area contributed by atoms with Gasteiger partial charge in [0.05, 0.1) is 24.5 Å². The molecule has 0 aliphatic heterocycles. The minimum Gasteiger partial charge on any atom is -0.481 e. The average Bonchev–Trinajstić information content (AvgIpc) is 2.48. The Morgan fingerprint density at radius 1 is 1.10 bits per heavy atom. The molecule has 1 N–H and O–H groups in total. The fourth-order valence-corrected chi connectivity index (χ4v) is 1.91. The van der Waals surface area contributed by atoms with Gasteiger partial charge < -0.3 is 10.1 Å². The predicted molar refractivity (Wildman–Crippen MR) is 75.8 cm³/mol. The summed E-state index contributed by atoms with van der Waals surface area (Å²) in [5.41, 5.74) is 1.39. The van der Waals surface area contributed by atoms with Crippen LogP contribution in [0.1, 0.15) is 0 Å². The third-order valence-electron chi connectivity index (χ3n) is 2.90. The standard InChI is InChI=1S/C15H12FN3O/c1-20-15-8-5-10(9-17-15)18-14-7-6-11-12(16)3-2-4-13(11)19-14/h2-9H,1H3,(H,18,19). The lowest BCUT2D eigenvalue weighted by Gasteiger charge is -2.07. The van der Waals surface area contributed by atoms with Crippen molar-refractivity contribution < 1.29 is 9.13 Å². The summed E-state index contributed by atoms with van der Waals surface area (Å²) in [6, 6.07) is 11.9. The zero-order valence-electron chi connectivity index (χ0n) is 10.8. The Bertz CT molecular complexity index is 744. The molecule has 0 saturated carbocycles. The van der Waals surface area contributed by atoms with Crippen molar-refractivity contribution >= 4 is 22.4 Å². The number of ether oxygens (including phenoxy) is 1. The van der Waals surface area contributed by atoms with Crippen molar-refractivity contribution in [2.75, 3.05) is 12.4 Å². The van der Waals surface area contributed by atoms with E-state index in [2.05, 4.69) is 15.3 Å². The zero-order valence-corrected chi connectivity index (χ0v) is 10.8. The molecule has 3 rings (SSSR count). The maximum absolute atomic E-state index is 13.5. The summed E-state index contributed by atoms with van der Waals surface area (Å²) in [7, 11) is 1.56. The van der Waals surface area contributed by atoms with E-state index in [9.17, 15) is 4.39 Å². The van der Waals surface area contributed by atoms with E-state index >= 15 is 0 Å². The minimum absolute atomic E-state index is 0.271. The zero-order chi connectivity index (χ0) is 13.9. The van der Waals surface area contributed by atoms with E-state index in [1.54, 1.807) is 43.6 Å². The molecule has 0 fully saturated rings. The van der Waals surface area contributed by atoms with Crippen LogP contribution in [0.15, 0.2) is 48.7 Å². The van der Waals surface area contributed by atoms with Gasteiger partial charge in [-0.05, 0) is 30.3 Å². The first kappa shape index (κ1) is 12.3. The maximum atomic E-state index is 13.5. The van der Waals surface area contributed by atoms with Crippen molar-refractivity contribution in [2.45, 2.75) is 0 Å². The van der Waals surface area contributed by atoms with Crippen LogP contribution in [0, 0.1) is 5.82 Å². The third-order valence-corrected chi connectivity index (χ3v) is 2.90. The van der Waals surface area contributed by atoms with Crippen LogP contribution in [-0.2, 0) is 0 Å². The maximum Gasteiger partial charge on any atom is 0.213 e. The van der Waals surface area contributed by atoms with Gasteiger partial charge >= 0.3 is 0 Å². The van der Waals surface area contributed by atoms with E-state index < -0.39 is 0 Å². The second-order valence-electron chi connectivity index (χ2n) is 4.22. The quantitative estimate of drug-likeness (QED) is 0.790. The van der Waals surface area contributed by atoms with Gasteiger partial charge in [-0.3, -0.25) is 0 Å². The van der Waals surface area contributed by atoms with Crippen LogP contribution in [0.25, 0.3) is 10.9 Å². The number of pyridine rings is 2. The Hall–Kier alpha value is -2.69. The number of benzene rings is 1. The molecule has 2 aromatic heterocycles. The van der Waals surface area contributed by atoms with Crippen molar-refractivity contribution in [1.29, 1.82) is 0 Å².